The van der Waals surface area contributed by atoms with Crippen LogP contribution >= 0.6 is 0 Å². The Kier molecular flexibility index (Phi) is 4.24. The minimum atomic E-state index is -0.731. The molecule has 2 aromatic heterocycles. The van der Waals surface area contributed by atoms with Gasteiger partial charge >= 0.3 is 0 Å². The first-order valence-electron chi connectivity index (χ1n) is 6.50. The molecule has 0 radical (unpaired) electrons. The maximum absolute atomic E-state index is 12.0. The third-order valence-corrected chi connectivity index (χ3v) is 3.17. The van der Waals surface area contributed by atoms with Crippen molar-refractivity contribution >= 4 is 5.91 Å². The van der Waals surface area contributed by atoms with Crippen LogP contribution in [0.25, 0.3) is 0 Å². The molecule has 0 aliphatic carbocycles. The highest BCUT2D eigenvalue weighted by molar-refractivity contribution is 5.92. The zero-order valence-corrected chi connectivity index (χ0v) is 11.8. The average molecular weight is 277 g/mol. The van der Waals surface area contributed by atoms with E-state index in [9.17, 15) is 9.90 Å². The first kappa shape index (κ1) is 14.3. The molecular weight excluding hydrogens is 258 g/mol. The Hall–Kier alpha value is -2.08. The van der Waals surface area contributed by atoms with Crippen LogP contribution in [0.5, 0.6) is 0 Å². The van der Waals surface area contributed by atoms with Crippen molar-refractivity contribution in [3.8, 4) is 0 Å². The lowest BCUT2D eigenvalue weighted by molar-refractivity contribution is 0.0897. The molecule has 2 heterocycles. The summed E-state index contributed by atoms with van der Waals surface area (Å²) in [5, 5.41) is 16.9. The molecule has 1 amide bonds. The zero-order valence-electron chi connectivity index (χ0n) is 11.8. The molecule has 6 heteroatoms. The first-order valence-corrected chi connectivity index (χ1v) is 6.50. The molecule has 0 saturated carbocycles. The fraction of sp³-hybridized carbons (Fsp3) is 0.429. The Morgan fingerprint density at radius 2 is 2.35 bits per heavy atom. The van der Waals surface area contributed by atoms with Crippen molar-refractivity contribution in [2.75, 3.05) is 0 Å². The summed E-state index contributed by atoms with van der Waals surface area (Å²) in [6, 6.07) is 4.97. The molecule has 2 aromatic rings. The van der Waals surface area contributed by atoms with Crippen LogP contribution in [0.1, 0.15) is 41.4 Å². The summed E-state index contributed by atoms with van der Waals surface area (Å²) in [5.74, 6) is 0.257. The fourth-order valence-corrected chi connectivity index (χ4v) is 1.96. The van der Waals surface area contributed by atoms with Gasteiger partial charge in [0.15, 0.2) is 0 Å². The fourth-order valence-electron chi connectivity index (χ4n) is 1.96. The van der Waals surface area contributed by atoms with Gasteiger partial charge in [-0.3, -0.25) is 9.48 Å². The number of nitrogens with zero attached hydrogens (tertiary/aromatic N) is 2. The summed E-state index contributed by atoms with van der Waals surface area (Å²) in [6.07, 6.45) is 1.16. The van der Waals surface area contributed by atoms with Gasteiger partial charge in [0.2, 0.25) is 0 Å². The van der Waals surface area contributed by atoms with E-state index in [4.69, 9.17) is 4.42 Å². The number of carbonyl (C=O) groups excluding carboxylic acids is 1. The zero-order chi connectivity index (χ0) is 14.7. The van der Waals surface area contributed by atoms with Crippen molar-refractivity contribution in [1.29, 1.82) is 0 Å². The van der Waals surface area contributed by atoms with Gasteiger partial charge < -0.3 is 14.8 Å². The highest BCUT2D eigenvalue weighted by Gasteiger charge is 2.18. The van der Waals surface area contributed by atoms with E-state index < -0.39 is 6.10 Å². The van der Waals surface area contributed by atoms with Crippen LogP contribution in [0, 0.1) is 6.92 Å². The predicted molar refractivity (Wildman–Crippen MR) is 73.2 cm³/mol. The monoisotopic (exact) mass is 277 g/mol. The lowest BCUT2D eigenvalue weighted by Gasteiger charge is -2.15. The summed E-state index contributed by atoms with van der Waals surface area (Å²) < 4.78 is 6.78. The molecule has 2 atom stereocenters. The summed E-state index contributed by atoms with van der Waals surface area (Å²) in [6.45, 7) is 3.72. The number of aliphatic hydroxyl groups excluding tert-OH is 1. The predicted octanol–water partition coefficient (Wildman–Crippen LogP) is 1.56. The van der Waals surface area contributed by atoms with Crippen LogP contribution < -0.4 is 5.32 Å². The number of hydrogen-bond acceptors (Lipinski definition) is 4. The van der Waals surface area contributed by atoms with Gasteiger partial charge in [-0.1, -0.05) is 0 Å². The summed E-state index contributed by atoms with van der Waals surface area (Å²) in [4.78, 5) is 12.0. The van der Waals surface area contributed by atoms with E-state index in [0.717, 1.165) is 5.69 Å². The molecule has 0 aliphatic rings. The van der Waals surface area contributed by atoms with Gasteiger partial charge in [-0.2, -0.15) is 5.10 Å². The Labute approximate surface area is 117 Å². The lowest BCUT2D eigenvalue weighted by Crippen LogP contribution is -2.34. The van der Waals surface area contributed by atoms with Crippen LogP contribution in [0.4, 0.5) is 0 Å². The molecule has 6 nitrogen and oxygen atoms in total. The topological polar surface area (TPSA) is 80.3 Å². The standard InChI is InChI=1S/C14H19N3O3/c1-9(7-12(18)13-5-4-6-20-13)15-14(19)11-8-10(2)17(3)16-11/h4-6,8-9,12,18H,7H2,1-3H3,(H,15,19). The Morgan fingerprint density at radius 1 is 1.60 bits per heavy atom. The van der Waals surface area contributed by atoms with Gasteiger partial charge in [0, 0.05) is 25.2 Å². The van der Waals surface area contributed by atoms with Gasteiger partial charge in [0.1, 0.15) is 17.6 Å². The second kappa shape index (κ2) is 5.92. The normalized spacial score (nSPS) is 14.0. The van der Waals surface area contributed by atoms with Crippen LogP contribution in [-0.2, 0) is 7.05 Å². The molecule has 0 aliphatic heterocycles. The Balaban J connectivity index is 1.91. The van der Waals surface area contributed by atoms with Gasteiger partial charge in [-0.05, 0) is 32.0 Å². The van der Waals surface area contributed by atoms with Crippen LogP contribution in [0.2, 0.25) is 0 Å². The van der Waals surface area contributed by atoms with Crippen molar-refractivity contribution in [3.05, 3.63) is 41.6 Å². The number of amides is 1. The van der Waals surface area contributed by atoms with Crippen molar-refractivity contribution in [2.45, 2.75) is 32.4 Å². The molecule has 0 aromatic carbocycles. The maximum atomic E-state index is 12.0. The minimum absolute atomic E-state index is 0.190. The molecule has 2 N–H and O–H groups in total. The quantitative estimate of drug-likeness (QED) is 0.869. The maximum Gasteiger partial charge on any atom is 0.271 e. The number of nitrogens with one attached hydrogen (secondary N) is 1. The number of aromatic nitrogens is 2. The highest BCUT2D eigenvalue weighted by Crippen LogP contribution is 2.18. The lowest BCUT2D eigenvalue weighted by atomic mass is 10.1. The van der Waals surface area contributed by atoms with Gasteiger partial charge in [-0.15, -0.1) is 0 Å². The molecule has 20 heavy (non-hydrogen) atoms. The molecule has 108 valence electrons. The van der Waals surface area contributed by atoms with E-state index in [1.165, 1.54) is 6.26 Å². The highest BCUT2D eigenvalue weighted by atomic mass is 16.4. The second-order valence-electron chi connectivity index (χ2n) is 4.94. The molecule has 0 spiro atoms. The van der Waals surface area contributed by atoms with Gasteiger partial charge in [0.25, 0.3) is 5.91 Å². The number of furan rings is 1. The Morgan fingerprint density at radius 3 is 2.90 bits per heavy atom. The smallest absolute Gasteiger partial charge is 0.271 e. The number of aliphatic hydroxyl groups is 1. The summed E-state index contributed by atoms with van der Waals surface area (Å²) >= 11 is 0. The minimum Gasteiger partial charge on any atom is -0.467 e. The van der Waals surface area contributed by atoms with Crippen LogP contribution in [-0.4, -0.2) is 26.8 Å². The molecule has 2 rings (SSSR count). The molecule has 0 fully saturated rings. The molecular formula is C14H19N3O3. The van der Waals surface area contributed by atoms with E-state index >= 15 is 0 Å². The number of aryl methyl sites for hydroxylation is 2. The van der Waals surface area contributed by atoms with E-state index in [1.807, 2.05) is 13.8 Å². The third-order valence-electron chi connectivity index (χ3n) is 3.17. The van der Waals surface area contributed by atoms with Crippen molar-refractivity contribution in [2.24, 2.45) is 7.05 Å². The van der Waals surface area contributed by atoms with E-state index in [1.54, 1.807) is 29.9 Å². The SMILES string of the molecule is Cc1cc(C(=O)NC(C)CC(O)c2ccco2)nn1C. The first-order chi connectivity index (χ1) is 9.47. The number of hydrogen-bond donors (Lipinski definition) is 2. The van der Waals surface area contributed by atoms with Crippen molar-refractivity contribution in [3.63, 3.8) is 0 Å². The van der Waals surface area contributed by atoms with Crippen molar-refractivity contribution in [1.82, 2.24) is 15.1 Å². The summed E-state index contributed by atoms with van der Waals surface area (Å²) in [7, 11) is 1.79. The van der Waals surface area contributed by atoms with Gasteiger partial charge in [-0.25, -0.2) is 0 Å². The molecule has 2 unspecified atom stereocenters. The number of rotatable bonds is 5. The van der Waals surface area contributed by atoms with Gasteiger partial charge in [0.05, 0.1) is 6.26 Å². The summed E-state index contributed by atoms with van der Waals surface area (Å²) in [5.41, 5.74) is 1.29. The van der Waals surface area contributed by atoms with Crippen LogP contribution in [0.3, 0.4) is 0 Å². The largest absolute Gasteiger partial charge is 0.467 e. The molecule has 0 bridgehead atoms. The molecule has 0 saturated heterocycles. The van der Waals surface area contributed by atoms with E-state index in [0.29, 0.717) is 17.9 Å². The van der Waals surface area contributed by atoms with E-state index in [2.05, 4.69) is 10.4 Å². The van der Waals surface area contributed by atoms with Crippen LogP contribution in [0.15, 0.2) is 28.9 Å². The third kappa shape index (κ3) is 3.27. The average Bonchev–Trinajstić information content (AvgIpc) is 3.00. The van der Waals surface area contributed by atoms with Crippen molar-refractivity contribution < 1.29 is 14.3 Å². The Bertz CT molecular complexity index is 555. The number of carbonyl (C=O) groups is 1. The second-order valence-corrected chi connectivity index (χ2v) is 4.94. The van der Waals surface area contributed by atoms with E-state index in [-0.39, 0.29) is 11.9 Å².